The van der Waals surface area contributed by atoms with Crippen molar-refractivity contribution >= 4 is 34.0 Å². The number of hydrogen-bond acceptors (Lipinski definition) is 4. The number of nitrogens with one attached hydrogen (secondary N) is 2. The summed E-state index contributed by atoms with van der Waals surface area (Å²) in [6, 6.07) is 14.8. The van der Waals surface area contributed by atoms with Gasteiger partial charge < -0.3 is 10.6 Å². The Bertz CT molecular complexity index is 996. The number of para-hydroxylation sites is 2. The average Bonchev–Trinajstić information content (AvgIpc) is 3.27. The van der Waals surface area contributed by atoms with Crippen molar-refractivity contribution < 1.29 is 0 Å². The van der Waals surface area contributed by atoms with Crippen LogP contribution in [0.1, 0.15) is 37.2 Å². The van der Waals surface area contributed by atoms with Crippen LogP contribution < -0.4 is 10.6 Å². The number of nitrogens with zero attached hydrogens (tertiary/aromatic N) is 2. The lowest BCUT2D eigenvalue weighted by Crippen LogP contribution is -2.12. The van der Waals surface area contributed by atoms with Gasteiger partial charge in [0.25, 0.3) is 0 Å². The van der Waals surface area contributed by atoms with Crippen molar-refractivity contribution in [3.63, 3.8) is 0 Å². The monoisotopic (exact) mass is 328 g/mol. The topological polar surface area (TPSA) is 49.8 Å². The molecule has 0 amide bonds. The molecule has 0 radical (unpaired) electrons. The third-order valence-electron chi connectivity index (χ3n) is 6.29. The van der Waals surface area contributed by atoms with Gasteiger partial charge in [-0.05, 0) is 66.8 Å². The molecule has 2 aromatic carbocycles. The molecule has 3 unspecified atom stereocenters. The fraction of sp³-hybridized carbons (Fsp3) is 0.333. The fourth-order valence-corrected chi connectivity index (χ4v) is 5.09. The smallest absolute Gasteiger partial charge is 0.174 e. The lowest BCUT2D eigenvalue weighted by atomic mass is 9.83. The van der Waals surface area contributed by atoms with Crippen molar-refractivity contribution in [3.05, 3.63) is 48.0 Å². The fourth-order valence-electron chi connectivity index (χ4n) is 5.09. The Balaban J connectivity index is 1.38. The average molecular weight is 328 g/mol. The molecule has 6 rings (SSSR count). The Hall–Kier alpha value is -2.62. The Morgan fingerprint density at radius 1 is 0.800 bits per heavy atom. The minimum absolute atomic E-state index is 0.745. The van der Waals surface area contributed by atoms with E-state index in [9.17, 15) is 0 Å². The maximum absolute atomic E-state index is 4.74. The lowest BCUT2D eigenvalue weighted by Gasteiger charge is -2.26. The first kappa shape index (κ1) is 13.6. The molecule has 1 aromatic heterocycles. The van der Waals surface area contributed by atoms with Gasteiger partial charge in [-0.1, -0.05) is 24.6 Å². The molecule has 0 saturated heterocycles. The van der Waals surface area contributed by atoms with Crippen molar-refractivity contribution in [2.24, 2.45) is 11.8 Å². The number of benzene rings is 2. The van der Waals surface area contributed by atoms with Crippen molar-refractivity contribution in [3.8, 4) is 0 Å². The summed E-state index contributed by atoms with van der Waals surface area (Å²) in [7, 11) is 0. The molecule has 2 N–H and O–H groups in total. The van der Waals surface area contributed by atoms with Gasteiger partial charge in [0, 0.05) is 0 Å². The van der Waals surface area contributed by atoms with E-state index in [1.165, 1.54) is 31.2 Å². The highest BCUT2D eigenvalue weighted by atomic mass is 15.2. The van der Waals surface area contributed by atoms with Crippen molar-refractivity contribution in [1.29, 1.82) is 0 Å². The van der Waals surface area contributed by atoms with Crippen LogP contribution in [0.25, 0.3) is 11.0 Å². The van der Waals surface area contributed by atoms with Gasteiger partial charge in [-0.3, -0.25) is 0 Å². The minimum Gasteiger partial charge on any atom is -0.335 e. The van der Waals surface area contributed by atoms with Crippen molar-refractivity contribution in [2.45, 2.75) is 31.6 Å². The standard InChI is InChI=1S/C21H20N4/c1-2-4-17-16(3-1)22-20-21(23-17)25-19-11-14(7-8-18(19)24-20)15-10-12-5-6-13(15)9-12/h1-4,7-8,11-13,15H,5-6,9-10H2,(H,22,24)(H,23,25). The molecule has 3 aromatic rings. The van der Waals surface area contributed by atoms with Gasteiger partial charge in [0.15, 0.2) is 11.6 Å². The van der Waals surface area contributed by atoms with Gasteiger partial charge in [-0.25, -0.2) is 9.97 Å². The van der Waals surface area contributed by atoms with Crippen LogP contribution in [0.5, 0.6) is 0 Å². The van der Waals surface area contributed by atoms with Crippen LogP contribution in [0.3, 0.4) is 0 Å². The highest BCUT2D eigenvalue weighted by Gasteiger charge is 2.40. The summed E-state index contributed by atoms with van der Waals surface area (Å²) in [5.74, 6) is 4.23. The third-order valence-corrected chi connectivity index (χ3v) is 6.29. The zero-order valence-corrected chi connectivity index (χ0v) is 14.0. The Labute approximate surface area is 146 Å². The largest absolute Gasteiger partial charge is 0.335 e. The van der Waals surface area contributed by atoms with E-state index in [4.69, 9.17) is 9.97 Å². The summed E-state index contributed by atoms with van der Waals surface area (Å²) in [6.45, 7) is 0. The molecule has 2 saturated carbocycles. The second-order valence-electron chi connectivity index (χ2n) is 7.75. The molecule has 2 heterocycles. The predicted octanol–water partition coefficient (Wildman–Crippen LogP) is 5.33. The van der Waals surface area contributed by atoms with E-state index < -0.39 is 0 Å². The summed E-state index contributed by atoms with van der Waals surface area (Å²) in [6.07, 6.45) is 5.67. The maximum atomic E-state index is 4.74. The lowest BCUT2D eigenvalue weighted by molar-refractivity contribution is 0.420. The van der Waals surface area contributed by atoms with E-state index in [2.05, 4.69) is 28.8 Å². The molecule has 1 aliphatic heterocycles. The first-order chi connectivity index (χ1) is 12.3. The number of rotatable bonds is 1. The SMILES string of the molecule is c1ccc2nc3c(nc2c1)Nc1ccc(C2CC4CCC2C4)cc1N3. The molecule has 2 fully saturated rings. The van der Waals surface area contributed by atoms with Gasteiger partial charge in [0.1, 0.15) is 0 Å². The number of fused-ring (bicyclic) bond motifs is 5. The molecular formula is C21H20N4. The molecule has 2 aliphatic carbocycles. The van der Waals surface area contributed by atoms with Crippen LogP contribution >= 0.6 is 0 Å². The van der Waals surface area contributed by atoms with Crippen LogP contribution in [0.4, 0.5) is 23.0 Å². The van der Waals surface area contributed by atoms with Crippen LogP contribution in [0.2, 0.25) is 0 Å². The number of hydrogen-bond donors (Lipinski definition) is 2. The van der Waals surface area contributed by atoms with E-state index in [0.29, 0.717) is 0 Å². The minimum atomic E-state index is 0.745. The van der Waals surface area contributed by atoms with E-state index in [-0.39, 0.29) is 0 Å². The molecule has 3 atom stereocenters. The Morgan fingerprint density at radius 2 is 1.56 bits per heavy atom. The van der Waals surface area contributed by atoms with Gasteiger partial charge >= 0.3 is 0 Å². The zero-order chi connectivity index (χ0) is 16.4. The van der Waals surface area contributed by atoms with Crippen LogP contribution in [-0.4, -0.2) is 9.97 Å². The molecule has 124 valence electrons. The van der Waals surface area contributed by atoms with Crippen molar-refractivity contribution in [1.82, 2.24) is 9.97 Å². The van der Waals surface area contributed by atoms with Crippen LogP contribution in [-0.2, 0) is 0 Å². The predicted molar refractivity (Wildman–Crippen MR) is 101 cm³/mol. The molecular weight excluding hydrogens is 308 g/mol. The Kier molecular flexibility index (Phi) is 2.70. The van der Waals surface area contributed by atoms with Gasteiger partial charge in [-0.15, -0.1) is 0 Å². The number of anilines is 4. The summed E-state index contributed by atoms with van der Waals surface area (Å²) in [4.78, 5) is 9.45. The molecule has 0 spiro atoms. The highest BCUT2D eigenvalue weighted by molar-refractivity contribution is 5.90. The molecule has 25 heavy (non-hydrogen) atoms. The first-order valence-electron chi connectivity index (χ1n) is 9.28. The van der Waals surface area contributed by atoms with Gasteiger partial charge in [0.2, 0.25) is 0 Å². The van der Waals surface area contributed by atoms with Crippen molar-refractivity contribution in [2.75, 3.05) is 10.6 Å². The number of aromatic nitrogens is 2. The molecule has 4 nitrogen and oxygen atoms in total. The van der Waals surface area contributed by atoms with Crippen LogP contribution in [0.15, 0.2) is 42.5 Å². The molecule has 4 heteroatoms. The van der Waals surface area contributed by atoms with Gasteiger partial charge in [0.05, 0.1) is 22.4 Å². The summed E-state index contributed by atoms with van der Waals surface area (Å²) in [5.41, 5.74) is 5.53. The summed E-state index contributed by atoms with van der Waals surface area (Å²) >= 11 is 0. The third kappa shape index (κ3) is 2.06. The quantitative estimate of drug-likeness (QED) is 0.495. The maximum Gasteiger partial charge on any atom is 0.174 e. The van der Waals surface area contributed by atoms with E-state index in [0.717, 1.165) is 51.8 Å². The summed E-state index contributed by atoms with van der Waals surface area (Å²) in [5, 5.41) is 6.95. The van der Waals surface area contributed by atoms with E-state index in [1.54, 1.807) is 0 Å². The van der Waals surface area contributed by atoms with E-state index >= 15 is 0 Å². The summed E-state index contributed by atoms with van der Waals surface area (Å²) < 4.78 is 0. The van der Waals surface area contributed by atoms with Gasteiger partial charge in [-0.2, -0.15) is 0 Å². The highest BCUT2D eigenvalue weighted by Crippen LogP contribution is 2.53. The normalized spacial score (nSPS) is 26.0. The Morgan fingerprint density at radius 3 is 2.24 bits per heavy atom. The zero-order valence-electron chi connectivity index (χ0n) is 14.0. The molecule has 3 aliphatic rings. The second-order valence-corrected chi connectivity index (χ2v) is 7.75. The first-order valence-corrected chi connectivity index (χ1v) is 9.28. The second kappa shape index (κ2) is 4.94. The van der Waals surface area contributed by atoms with Crippen LogP contribution in [0, 0.1) is 11.8 Å². The van der Waals surface area contributed by atoms with E-state index in [1.807, 2.05) is 24.3 Å². The molecule has 2 bridgehead atoms.